The largest absolute Gasteiger partial charge is 0.315 e. The Labute approximate surface area is 111 Å². The first-order valence-corrected chi connectivity index (χ1v) is 9.05. The molecular weight excluding hydrogens is 248 g/mol. The van der Waals surface area contributed by atoms with Crippen LogP contribution in [0.3, 0.4) is 0 Å². The second-order valence-electron chi connectivity index (χ2n) is 5.94. The minimum atomic E-state index is -2.87. The molecule has 0 radical (unpaired) electrons. The molecule has 3 atom stereocenters. The van der Waals surface area contributed by atoms with Gasteiger partial charge in [-0.2, -0.15) is 0 Å². The number of sulfone groups is 1. The number of likely N-dealkylation sites (N-methyl/N-ethyl adjacent to an activating group) is 1. The van der Waals surface area contributed by atoms with Crippen LogP contribution in [0.2, 0.25) is 0 Å². The average Bonchev–Trinajstić information content (AvgIpc) is 2.38. The molecule has 4 nitrogen and oxygen atoms in total. The minimum Gasteiger partial charge on any atom is -0.315 e. The molecular formula is C13H26N2O2S. The Morgan fingerprint density at radius 2 is 1.83 bits per heavy atom. The van der Waals surface area contributed by atoms with Gasteiger partial charge < -0.3 is 5.32 Å². The molecule has 1 heterocycles. The number of piperidine rings is 1. The second kappa shape index (κ2) is 5.88. The van der Waals surface area contributed by atoms with Crippen molar-refractivity contribution in [3.05, 3.63) is 0 Å². The highest BCUT2D eigenvalue weighted by Crippen LogP contribution is 2.28. The van der Waals surface area contributed by atoms with E-state index in [9.17, 15) is 8.42 Å². The van der Waals surface area contributed by atoms with Crippen molar-refractivity contribution >= 4 is 9.84 Å². The van der Waals surface area contributed by atoms with Crippen LogP contribution in [-0.2, 0) is 9.84 Å². The summed E-state index contributed by atoms with van der Waals surface area (Å²) in [5.41, 5.74) is 0. The summed E-state index contributed by atoms with van der Waals surface area (Å²) in [6.07, 6.45) is 7.74. The lowest BCUT2D eigenvalue weighted by atomic mass is 9.92. The lowest BCUT2D eigenvalue weighted by molar-refractivity contribution is 0.119. The van der Waals surface area contributed by atoms with Crippen molar-refractivity contribution in [2.75, 3.05) is 26.4 Å². The Balaban J connectivity index is 1.95. The van der Waals surface area contributed by atoms with Gasteiger partial charge >= 0.3 is 0 Å². The van der Waals surface area contributed by atoms with Crippen molar-refractivity contribution in [1.29, 1.82) is 0 Å². The summed E-state index contributed by atoms with van der Waals surface area (Å²) in [5.74, 6) is 0. The zero-order valence-corrected chi connectivity index (χ0v) is 12.4. The summed E-state index contributed by atoms with van der Waals surface area (Å²) >= 11 is 0. The molecule has 0 bridgehead atoms. The zero-order valence-electron chi connectivity index (χ0n) is 11.6. The third-order valence-electron chi connectivity index (χ3n) is 4.63. The molecule has 0 amide bonds. The summed E-state index contributed by atoms with van der Waals surface area (Å²) in [7, 11) is -0.692. The fourth-order valence-electron chi connectivity index (χ4n) is 3.36. The lowest BCUT2D eigenvalue weighted by Crippen LogP contribution is -2.50. The maximum absolute atomic E-state index is 11.7. The van der Waals surface area contributed by atoms with Crippen LogP contribution in [-0.4, -0.2) is 57.0 Å². The normalized spacial score (nSPS) is 34.7. The maximum Gasteiger partial charge on any atom is 0.150 e. The molecule has 1 saturated heterocycles. The third kappa shape index (κ3) is 3.45. The Kier molecular flexibility index (Phi) is 4.67. The van der Waals surface area contributed by atoms with Crippen LogP contribution in [0.5, 0.6) is 0 Å². The van der Waals surface area contributed by atoms with Gasteiger partial charge in [0.15, 0.2) is 0 Å². The Bertz CT molecular complexity index is 363. The van der Waals surface area contributed by atoms with Crippen LogP contribution >= 0.6 is 0 Å². The highest BCUT2D eigenvalue weighted by atomic mass is 32.2. The van der Waals surface area contributed by atoms with E-state index in [1.807, 2.05) is 0 Å². The van der Waals surface area contributed by atoms with Crippen molar-refractivity contribution in [2.24, 2.45) is 0 Å². The third-order valence-corrected chi connectivity index (χ3v) is 6.27. The van der Waals surface area contributed by atoms with Crippen LogP contribution in [0.4, 0.5) is 0 Å². The van der Waals surface area contributed by atoms with Gasteiger partial charge in [-0.25, -0.2) is 8.42 Å². The van der Waals surface area contributed by atoms with Crippen LogP contribution in [0.25, 0.3) is 0 Å². The molecule has 2 aliphatic rings. The van der Waals surface area contributed by atoms with E-state index in [-0.39, 0.29) is 5.25 Å². The van der Waals surface area contributed by atoms with E-state index in [0.717, 1.165) is 38.8 Å². The maximum atomic E-state index is 11.7. The van der Waals surface area contributed by atoms with Gasteiger partial charge in [0, 0.05) is 24.9 Å². The van der Waals surface area contributed by atoms with Gasteiger partial charge in [-0.1, -0.05) is 6.42 Å². The molecule has 2 fully saturated rings. The van der Waals surface area contributed by atoms with E-state index in [4.69, 9.17) is 0 Å². The molecule has 1 saturated carbocycles. The predicted molar refractivity (Wildman–Crippen MR) is 74.5 cm³/mol. The highest BCUT2D eigenvalue weighted by molar-refractivity contribution is 7.91. The van der Waals surface area contributed by atoms with Gasteiger partial charge in [0.25, 0.3) is 0 Å². The lowest BCUT2D eigenvalue weighted by Gasteiger charge is -2.40. The first-order chi connectivity index (χ1) is 8.48. The summed E-state index contributed by atoms with van der Waals surface area (Å²) in [4.78, 5) is 2.43. The van der Waals surface area contributed by atoms with Gasteiger partial charge in [0.1, 0.15) is 9.84 Å². The number of rotatable bonds is 3. The molecule has 0 spiro atoms. The molecule has 18 heavy (non-hydrogen) atoms. The average molecular weight is 274 g/mol. The first-order valence-electron chi connectivity index (χ1n) is 7.10. The molecule has 5 heteroatoms. The monoisotopic (exact) mass is 274 g/mol. The summed E-state index contributed by atoms with van der Waals surface area (Å²) in [5, 5.41) is 3.32. The molecule has 3 unspecified atom stereocenters. The van der Waals surface area contributed by atoms with Gasteiger partial charge in [0.05, 0.1) is 5.25 Å². The van der Waals surface area contributed by atoms with Crippen molar-refractivity contribution in [3.63, 3.8) is 0 Å². The van der Waals surface area contributed by atoms with Crippen LogP contribution in [0.15, 0.2) is 0 Å². The Morgan fingerprint density at radius 3 is 2.44 bits per heavy atom. The SMILES string of the molecule is CN(C1CCCNC1)C1CCCC(S(C)(=O)=O)C1. The number of nitrogens with one attached hydrogen (secondary N) is 1. The highest BCUT2D eigenvalue weighted by Gasteiger charge is 2.33. The molecule has 1 aliphatic carbocycles. The fraction of sp³-hybridized carbons (Fsp3) is 1.00. The van der Waals surface area contributed by atoms with Crippen molar-refractivity contribution in [3.8, 4) is 0 Å². The van der Waals surface area contributed by atoms with E-state index >= 15 is 0 Å². The predicted octanol–water partition coefficient (Wildman–Crippen LogP) is 1.03. The fourth-order valence-corrected chi connectivity index (χ4v) is 4.52. The molecule has 0 aromatic carbocycles. The van der Waals surface area contributed by atoms with E-state index in [1.54, 1.807) is 0 Å². The molecule has 0 aromatic rings. The van der Waals surface area contributed by atoms with Crippen molar-refractivity contribution < 1.29 is 8.42 Å². The van der Waals surface area contributed by atoms with E-state index in [0.29, 0.717) is 12.1 Å². The molecule has 106 valence electrons. The Hall–Kier alpha value is -0.130. The standard InChI is InChI=1S/C13H26N2O2S/c1-15(12-6-4-8-14-10-12)11-5-3-7-13(9-11)18(2,16)17/h11-14H,3-10H2,1-2H3. The second-order valence-corrected chi connectivity index (χ2v) is 8.26. The molecule has 1 aliphatic heterocycles. The minimum absolute atomic E-state index is 0.116. The van der Waals surface area contributed by atoms with Crippen LogP contribution < -0.4 is 5.32 Å². The topological polar surface area (TPSA) is 49.4 Å². The smallest absolute Gasteiger partial charge is 0.150 e. The van der Waals surface area contributed by atoms with E-state index in [2.05, 4.69) is 17.3 Å². The quantitative estimate of drug-likeness (QED) is 0.835. The molecule has 2 rings (SSSR count). The van der Waals surface area contributed by atoms with Gasteiger partial charge in [-0.3, -0.25) is 4.90 Å². The number of nitrogens with zero attached hydrogens (tertiary/aromatic N) is 1. The van der Waals surface area contributed by atoms with Crippen molar-refractivity contribution in [1.82, 2.24) is 10.2 Å². The van der Waals surface area contributed by atoms with Crippen LogP contribution in [0, 0.1) is 0 Å². The summed E-state index contributed by atoms with van der Waals surface area (Å²) < 4.78 is 23.4. The molecule has 0 aromatic heterocycles. The summed E-state index contributed by atoms with van der Waals surface area (Å²) in [6.45, 7) is 2.18. The van der Waals surface area contributed by atoms with E-state index < -0.39 is 9.84 Å². The van der Waals surface area contributed by atoms with Gasteiger partial charge in [-0.15, -0.1) is 0 Å². The Morgan fingerprint density at radius 1 is 1.11 bits per heavy atom. The number of hydrogen-bond acceptors (Lipinski definition) is 4. The summed E-state index contributed by atoms with van der Waals surface area (Å²) in [6, 6.07) is 1.03. The first kappa shape index (κ1) is 14.3. The van der Waals surface area contributed by atoms with E-state index in [1.165, 1.54) is 19.1 Å². The van der Waals surface area contributed by atoms with Crippen molar-refractivity contribution in [2.45, 2.75) is 55.9 Å². The number of hydrogen-bond donors (Lipinski definition) is 1. The van der Waals surface area contributed by atoms with Gasteiger partial charge in [0.2, 0.25) is 0 Å². The van der Waals surface area contributed by atoms with Gasteiger partial charge in [-0.05, 0) is 45.7 Å². The zero-order chi connectivity index (χ0) is 13.2. The molecule has 1 N–H and O–H groups in total. The van der Waals surface area contributed by atoms with Crippen LogP contribution in [0.1, 0.15) is 38.5 Å².